The molecule has 3 aromatic rings. The average Bonchev–Trinajstić information content (AvgIpc) is 3.06. The molecule has 4 rings (SSSR count). The Hall–Kier alpha value is -2.78. The summed E-state index contributed by atoms with van der Waals surface area (Å²) in [6, 6.07) is 6.57. The molecule has 31 heavy (non-hydrogen) atoms. The van der Waals surface area contributed by atoms with E-state index >= 15 is 0 Å². The van der Waals surface area contributed by atoms with Gasteiger partial charge in [0.2, 0.25) is 11.9 Å². The summed E-state index contributed by atoms with van der Waals surface area (Å²) in [6.07, 6.45) is 1.71. The van der Waals surface area contributed by atoms with Crippen LogP contribution < -0.4 is 10.6 Å². The second kappa shape index (κ2) is 10.5. The third-order valence-corrected chi connectivity index (χ3v) is 4.97. The molecular weight excluding hydrogens is 397 g/mol. The molecule has 1 aromatic carbocycles. The Morgan fingerprint density at radius 1 is 1.16 bits per heavy atom. The van der Waals surface area contributed by atoms with E-state index in [1.807, 2.05) is 4.57 Å². The molecule has 0 radical (unpaired) electrons. The number of aromatic nitrogens is 4. The number of benzene rings is 1. The first-order chi connectivity index (χ1) is 14.6. The quantitative estimate of drug-likeness (QED) is 0.565. The molecule has 1 fully saturated rings. The molecule has 0 atom stereocenters. The van der Waals surface area contributed by atoms with Crippen LogP contribution in [0.5, 0.6) is 0 Å². The molecule has 0 spiro atoms. The molecule has 8 nitrogen and oxygen atoms in total. The summed E-state index contributed by atoms with van der Waals surface area (Å²) < 4.78 is 21.5. The molecule has 1 aliphatic heterocycles. The average molecular weight is 430 g/mol. The third-order valence-electron chi connectivity index (χ3n) is 4.97. The third kappa shape index (κ3) is 5.68. The summed E-state index contributed by atoms with van der Waals surface area (Å²) in [5.74, 6) is 1.18. The van der Waals surface area contributed by atoms with Crippen molar-refractivity contribution in [2.75, 3.05) is 50.0 Å². The lowest BCUT2D eigenvalue weighted by atomic mass is 10.2. The summed E-state index contributed by atoms with van der Waals surface area (Å²) >= 11 is 0. The topological polar surface area (TPSA) is 80.1 Å². The van der Waals surface area contributed by atoms with Gasteiger partial charge in [-0.25, -0.2) is 14.4 Å². The molecule has 1 aliphatic rings. The summed E-state index contributed by atoms with van der Waals surface area (Å²) in [6.45, 7) is 10.1. The monoisotopic (exact) mass is 429 g/mol. The highest BCUT2D eigenvalue weighted by Gasteiger charge is 2.16. The molecule has 3 heterocycles. The van der Waals surface area contributed by atoms with Crippen LogP contribution in [-0.4, -0.2) is 63.8 Å². The van der Waals surface area contributed by atoms with E-state index in [2.05, 4.69) is 39.3 Å². The minimum Gasteiger partial charge on any atom is -0.379 e. The Morgan fingerprint density at radius 3 is 2.68 bits per heavy atom. The highest BCUT2D eigenvalue weighted by Crippen LogP contribution is 2.24. The van der Waals surface area contributed by atoms with E-state index in [1.165, 1.54) is 6.07 Å². The van der Waals surface area contributed by atoms with Crippen LogP contribution in [-0.2, 0) is 11.3 Å². The van der Waals surface area contributed by atoms with Gasteiger partial charge in [0, 0.05) is 32.7 Å². The number of anilines is 3. The summed E-state index contributed by atoms with van der Waals surface area (Å²) in [4.78, 5) is 16.1. The minimum absolute atomic E-state index is 0. The van der Waals surface area contributed by atoms with Crippen molar-refractivity contribution >= 4 is 28.7 Å². The largest absolute Gasteiger partial charge is 0.379 e. The number of morpholine rings is 1. The molecule has 2 N–H and O–H groups in total. The number of fused-ring (bicyclic) bond motifs is 1. The highest BCUT2D eigenvalue weighted by atomic mass is 19.1. The fourth-order valence-electron chi connectivity index (χ4n) is 3.47. The number of hydrogen-bond donors (Lipinski definition) is 2. The van der Waals surface area contributed by atoms with Crippen molar-refractivity contribution in [2.45, 2.75) is 27.8 Å². The Balaban J connectivity index is 0.00000272. The van der Waals surface area contributed by atoms with Gasteiger partial charge in [0.05, 0.1) is 25.1 Å². The van der Waals surface area contributed by atoms with Gasteiger partial charge in [-0.3, -0.25) is 9.47 Å². The molecule has 0 aliphatic carbocycles. The maximum atomic E-state index is 14.1. The van der Waals surface area contributed by atoms with E-state index in [4.69, 9.17) is 9.72 Å². The normalized spacial score (nSPS) is 14.6. The summed E-state index contributed by atoms with van der Waals surface area (Å²) in [5, 5.41) is 6.42. The number of nitrogens with zero attached hydrogens (tertiary/aromatic N) is 5. The molecule has 1 saturated heterocycles. The number of para-hydroxylation sites is 1. The lowest BCUT2D eigenvalue weighted by molar-refractivity contribution is 0.0398. The number of nitrogens with one attached hydrogen (secondary N) is 2. The lowest BCUT2D eigenvalue weighted by Gasteiger charge is -2.26. The van der Waals surface area contributed by atoms with Gasteiger partial charge in [-0.1, -0.05) is 33.4 Å². The van der Waals surface area contributed by atoms with Crippen LogP contribution in [0.25, 0.3) is 11.2 Å². The zero-order valence-electron chi connectivity index (χ0n) is 17.4. The molecule has 168 valence electrons. The smallest absolute Gasteiger partial charge is 0.224 e. The zero-order chi connectivity index (χ0) is 20.9. The lowest BCUT2D eigenvalue weighted by Crippen LogP contribution is -2.39. The van der Waals surface area contributed by atoms with Crippen LogP contribution in [0.1, 0.15) is 21.3 Å². The number of imidazole rings is 1. The zero-order valence-corrected chi connectivity index (χ0v) is 17.4. The maximum Gasteiger partial charge on any atom is 0.224 e. The van der Waals surface area contributed by atoms with Gasteiger partial charge < -0.3 is 15.4 Å². The van der Waals surface area contributed by atoms with E-state index in [9.17, 15) is 4.39 Å². The molecule has 0 saturated carbocycles. The SMILES string of the molecule is C.CC(C)Cn1c(Nc2ccccc2F)nc2cnc(NCCN3CCOCC3)nc21. The Labute approximate surface area is 182 Å². The van der Waals surface area contributed by atoms with Crippen LogP contribution in [0, 0.1) is 11.7 Å². The Kier molecular flexibility index (Phi) is 7.75. The van der Waals surface area contributed by atoms with Crippen molar-refractivity contribution in [2.24, 2.45) is 5.92 Å². The van der Waals surface area contributed by atoms with Crippen molar-refractivity contribution < 1.29 is 9.13 Å². The fourth-order valence-corrected chi connectivity index (χ4v) is 3.47. The van der Waals surface area contributed by atoms with Crippen molar-refractivity contribution in [3.63, 3.8) is 0 Å². The van der Waals surface area contributed by atoms with Gasteiger partial charge in [-0.05, 0) is 18.1 Å². The Bertz CT molecular complexity index is 985. The Morgan fingerprint density at radius 2 is 1.94 bits per heavy atom. The number of halogens is 1. The van der Waals surface area contributed by atoms with Crippen molar-refractivity contribution in [1.82, 2.24) is 24.4 Å². The first-order valence-corrected chi connectivity index (χ1v) is 10.4. The second-order valence-electron chi connectivity index (χ2n) is 7.83. The van der Waals surface area contributed by atoms with Gasteiger partial charge in [0.15, 0.2) is 5.65 Å². The van der Waals surface area contributed by atoms with E-state index < -0.39 is 0 Å². The first-order valence-electron chi connectivity index (χ1n) is 10.4. The van der Waals surface area contributed by atoms with E-state index in [0.29, 0.717) is 35.6 Å². The van der Waals surface area contributed by atoms with Crippen LogP contribution in [0.15, 0.2) is 30.5 Å². The first kappa shape index (κ1) is 22.9. The van der Waals surface area contributed by atoms with Crippen LogP contribution in [0.3, 0.4) is 0 Å². The van der Waals surface area contributed by atoms with Crippen LogP contribution in [0.2, 0.25) is 0 Å². The summed E-state index contributed by atoms with van der Waals surface area (Å²) in [5.41, 5.74) is 1.79. The minimum atomic E-state index is -0.322. The number of ether oxygens (including phenoxy) is 1. The van der Waals surface area contributed by atoms with Crippen molar-refractivity contribution in [1.29, 1.82) is 0 Å². The van der Waals surface area contributed by atoms with Gasteiger partial charge in [0.25, 0.3) is 0 Å². The van der Waals surface area contributed by atoms with Gasteiger partial charge in [0.1, 0.15) is 11.3 Å². The maximum absolute atomic E-state index is 14.1. The molecule has 0 unspecified atom stereocenters. The van der Waals surface area contributed by atoms with Gasteiger partial charge in [-0.2, -0.15) is 4.98 Å². The van der Waals surface area contributed by atoms with Gasteiger partial charge in [-0.15, -0.1) is 0 Å². The number of rotatable bonds is 8. The highest BCUT2D eigenvalue weighted by molar-refractivity contribution is 5.76. The predicted octanol–water partition coefficient (Wildman–Crippen LogP) is 3.75. The second-order valence-corrected chi connectivity index (χ2v) is 7.83. The molecule has 0 amide bonds. The molecule has 9 heteroatoms. The van der Waals surface area contributed by atoms with E-state index in [1.54, 1.807) is 24.4 Å². The molecular formula is C22H32FN7O. The van der Waals surface area contributed by atoms with E-state index in [0.717, 1.165) is 45.0 Å². The predicted molar refractivity (Wildman–Crippen MR) is 122 cm³/mol. The fraction of sp³-hybridized carbons (Fsp3) is 0.500. The van der Waals surface area contributed by atoms with Gasteiger partial charge >= 0.3 is 0 Å². The molecule has 2 aromatic heterocycles. The summed E-state index contributed by atoms with van der Waals surface area (Å²) in [7, 11) is 0. The standard InChI is InChI=1S/C21H28FN7O.CH4/c1-15(2)14-29-19-18(26-21(29)25-17-6-4-3-5-16(17)22)13-24-20(27-19)23-7-8-28-9-11-30-12-10-28;/h3-6,13,15H,7-12,14H2,1-2H3,(H,25,26)(H,23,24,27);1H4. The molecule has 0 bridgehead atoms. The van der Waals surface area contributed by atoms with Crippen molar-refractivity contribution in [3.05, 3.63) is 36.3 Å². The van der Waals surface area contributed by atoms with Crippen LogP contribution in [0.4, 0.5) is 22.0 Å². The van der Waals surface area contributed by atoms with E-state index in [-0.39, 0.29) is 13.2 Å². The number of hydrogen-bond acceptors (Lipinski definition) is 7. The van der Waals surface area contributed by atoms with Crippen LogP contribution >= 0.6 is 0 Å². The van der Waals surface area contributed by atoms with Crippen molar-refractivity contribution in [3.8, 4) is 0 Å².